The topological polar surface area (TPSA) is 9.86 Å². The fraction of sp³-hybridized carbons (Fsp3) is 0.0800. The van der Waals surface area contributed by atoms with Gasteiger partial charge in [0.2, 0.25) is 0 Å². The van der Waals surface area contributed by atoms with Gasteiger partial charge >= 0.3 is 0 Å². The third kappa shape index (κ3) is 4.50. The second-order valence-electron chi connectivity index (χ2n) is 14.6. The van der Waals surface area contributed by atoms with Gasteiger partial charge in [-0.25, -0.2) is 0 Å². The van der Waals surface area contributed by atoms with Crippen molar-refractivity contribution >= 4 is 54.4 Å². The predicted molar refractivity (Wildman–Crippen MR) is 222 cm³/mol. The van der Waals surface area contributed by atoms with E-state index in [1.165, 1.54) is 88.0 Å². The van der Waals surface area contributed by atoms with E-state index in [0.717, 1.165) is 12.0 Å². The van der Waals surface area contributed by atoms with Crippen molar-refractivity contribution in [3.8, 4) is 22.5 Å². The molecule has 0 amide bonds. The van der Waals surface area contributed by atoms with E-state index in [4.69, 9.17) is 0 Å². The lowest BCUT2D eigenvalue weighted by Crippen LogP contribution is -2.21. The molecule has 0 N–H and O–H groups in total. The Morgan fingerprint density at radius 2 is 1.04 bits per heavy atom. The number of nitrogens with zero attached hydrogens (tertiary/aromatic N) is 2. The van der Waals surface area contributed by atoms with E-state index in [1.807, 2.05) is 0 Å². The molecule has 2 nitrogen and oxygen atoms in total. The normalized spacial score (nSPS) is 15.5. The Hall–Kier alpha value is -6.38. The molecule has 0 aliphatic heterocycles. The van der Waals surface area contributed by atoms with Gasteiger partial charge in [-0.1, -0.05) is 136 Å². The maximum atomic E-state index is 4.54. The Morgan fingerprint density at radius 1 is 0.500 bits per heavy atom. The molecule has 1 aliphatic rings. The number of fused-ring (bicyclic) bond motifs is 9. The first-order chi connectivity index (χ1) is 25.5. The number of para-hydroxylation sites is 3. The Kier molecular flexibility index (Phi) is 6.78. The van der Waals surface area contributed by atoms with Crippen molar-refractivity contribution in [1.29, 1.82) is 0 Å². The van der Waals surface area contributed by atoms with Gasteiger partial charge in [-0.15, -0.1) is 0 Å². The lowest BCUT2D eigenvalue weighted by Gasteiger charge is -2.31. The van der Waals surface area contributed by atoms with Crippen LogP contribution in [0.15, 0.2) is 182 Å². The Balaban J connectivity index is 1.21. The lowest BCUT2D eigenvalue weighted by atomic mass is 9.74. The summed E-state index contributed by atoms with van der Waals surface area (Å²) in [6.07, 6.45) is 9.60. The summed E-state index contributed by atoms with van der Waals surface area (Å²) in [4.78, 5) is 0. The number of hydrogen-bond donors (Lipinski definition) is 0. The van der Waals surface area contributed by atoms with E-state index < -0.39 is 0 Å². The van der Waals surface area contributed by atoms with Crippen LogP contribution in [0.3, 0.4) is 0 Å². The second-order valence-corrected chi connectivity index (χ2v) is 14.6. The molecule has 1 aliphatic carbocycles. The first kappa shape index (κ1) is 30.4. The van der Waals surface area contributed by atoms with Gasteiger partial charge in [0.15, 0.2) is 0 Å². The molecule has 0 bridgehead atoms. The van der Waals surface area contributed by atoms with Crippen molar-refractivity contribution in [2.24, 2.45) is 0 Å². The Morgan fingerprint density at radius 3 is 1.71 bits per heavy atom. The smallest absolute Gasteiger partial charge is 0.0543 e. The summed E-state index contributed by atoms with van der Waals surface area (Å²) in [7, 11) is 0. The van der Waals surface area contributed by atoms with Crippen molar-refractivity contribution in [3.05, 3.63) is 193 Å². The van der Waals surface area contributed by atoms with E-state index in [1.54, 1.807) is 0 Å². The summed E-state index contributed by atoms with van der Waals surface area (Å²) in [5, 5.41) is 7.59. The summed E-state index contributed by atoms with van der Waals surface area (Å²) in [5.74, 6) is 0. The van der Waals surface area contributed by atoms with E-state index in [2.05, 4.69) is 199 Å². The van der Waals surface area contributed by atoms with Crippen LogP contribution in [0.25, 0.3) is 76.9 Å². The molecule has 52 heavy (non-hydrogen) atoms. The highest BCUT2D eigenvalue weighted by molar-refractivity contribution is 6.13. The van der Waals surface area contributed by atoms with E-state index >= 15 is 0 Å². The fourth-order valence-corrected chi connectivity index (χ4v) is 8.62. The largest absolute Gasteiger partial charge is 0.309 e. The van der Waals surface area contributed by atoms with Crippen LogP contribution in [0.4, 0.5) is 0 Å². The van der Waals surface area contributed by atoms with Crippen molar-refractivity contribution in [2.45, 2.75) is 25.7 Å². The van der Waals surface area contributed by atoms with Crippen LogP contribution in [0.5, 0.6) is 0 Å². The minimum absolute atomic E-state index is 0.245. The van der Waals surface area contributed by atoms with E-state index in [-0.39, 0.29) is 5.41 Å². The molecule has 0 spiro atoms. The molecule has 0 fully saturated rings. The molecular weight excluding hydrogens is 629 g/mol. The molecule has 248 valence electrons. The van der Waals surface area contributed by atoms with Crippen LogP contribution in [0, 0.1) is 0 Å². The number of hydrogen-bond acceptors (Lipinski definition) is 0. The van der Waals surface area contributed by atoms with Crippen LogP contribution < -0.4 is 0 Å². The molecule has 0 atom stereocenters. The van der Waals surface area contributed by atoms with Crippen molar-refractivity contribution < 1.29 is 0 Å². The summed E-state index contributed by atoms with van der Waals surface area (Å²) in [5.41, 5.74) is 13.2. The van der Waals surface area contributed by atoms with Gasteiger partial charge in [0.25, 0.3) is 0 Å². The minimum atomic E-state index is -0.245. The number of benzene rings is 7. The summed E-state index contributed by atoms with van der Waals surface area (Å²) < 4.78 is 4.87. The van der Waals surface area contributed by atoms with Crippen molar-refractivity contribution in [2.75, 3.05) is 0 Å². The zero-order valence-electron chi connectivity index (χ0n) is 29.5. The van der Waals surface area contributed by atoms with Gasteiger partial charge in [0.1, 0.15) is 0 Å². The number of allylic oxidation sites excluding steroid dienone is 5. The van der Waals surface area contributed by atoms with Crippen LogP contribution in [0.1, 0.15) is 25.0 Å². The maximum Gasteiger partial charge on any atom is 0.0543 e. The molecule has 7 aromatic carbocycles. The molecule has 2 heteroatoms. The second kappa shape index (κ2) is 11.6. The predicted octanol–water partition coefficient (Wildman–Crippen LogP) is 13.2. The zero-order chi connectivity index (χ0) is 35.0. The Labute approximate surface area is 303 Å². The number of aromatic nitrogens is 2. The Bertz CT molecular complexity index is 2960. The molecular formula is C50H38N2. The van der Waals surface area contributed by atoms with Crippen LogP contribution >= 0.6 is 0 Å². The lowest BCUT2D eigenvalue weighted by molar-refractivity contribution is 0.636. The highest BCUT2D eigenvalue weighted by Crippen LogP contribution is 2.43. The van der Waals surface area contributed by atoms with Crippen LogP contribution in [-0.2, 0) is 11.8 Å². The average Bonchev–Trinajstić information content (AvgIpc) is 3.71. The van der Waals surface area contributed by atoms with Crippen LogP contribution in [-0.4, -0.2) is 9.13 Å². The molecule has 9 aromatic rings. The fourth-order valence-electron chi connectivity index (χ4n) is 8.62. The number of rotatable bonds is 3. The molecule has 0 unspecified atom stereocenters. The third-order valence-electron chi connectivity index (χ3n) is 11.4. The average molecular weight is 667 g/mol. The molecule has 0 saturated heterocycles. The molecule has 2 heterocycles. The summed E-state index contributed by atoms with van der Waals surface area (Å²) in [6.45, 7) is 9.17. The van der Waals surface area contributed by atoms with Crippen molar-refractivity contribution in [3.63, 3.8) is 0 Å². The third-order valence-corrected chi connectivity index (χ3v) is 11.4. The standard InChI is InChI=1S/C50H38N2/c1-33-16-6-4-9-20-38-37-19-10-11-21-39(37)49(32-44(38)50(33,2)3)52-46-25-15-13-23-41(46)43-31-35(27-29-48(43)52)34-26-28-47-42(30-34)40-22-12-14-24-45(40)51(47)36-17-7-5-8-18-36/h4-19,21-32H,1,20H2,2-3H3/b9-4-,16-6-. The zero-order valence-corrected chi connectivity index (χ0v) is 29.5. The van der Waals surface area contributed by atoms with Gasteiger partial charge in [-0.3, -0.25) is 0 Å². The minimum Gasteiger partial charge on any atom is -0.309 e. The molecule has 2 aromatic heterocycles. The maximum absolute atomic E-state index is 4.54. The summed E-state index contributed by atoms with van der Waals surface area (Å²) in [6, 6.07) is 53.6. The highest BCUT2D eigenvalue weighted by atomic mass is 15.0. The van der Waals surface area contributed by atoms with Crippen molar-refractivity contribution in [1.82, 2.24) is 9.13 Å². The quantitative estimate of drug-likeness (QED) is 0.178. The van der Waals surface area contributed by atoms with Gasteiger partial charge in [-0.05, 0) is 94.2 Å². The van der Waals surface area contributed by atoms with Gasteiger partial charge in [-0.2, -0.15) is 0 Å². The van der Waals surface area contributed by atoms with E-state index in [0.29, 0.717) is 0 Å². The summed E-state index contributed by atoms with van der Waals surface area (Å²) >= 11 is 0. The van der Waals surface area contributed by atoms with Gasteiger partial charge in [0.05, 0.1) is 27.8 Å². The van der Waals surface area contributed by atoms with E-state index in [9.17, 15) is 0 Å². The highest BCUT2D eigenvalue weighted by Gasteiger charge is 2.29. The molecule has 10 rings (SSSR count). The molecule has 0 radical (unpaired) electrons. The first-order valence-corrected chi connectivity index (χ1v) is 18.2. The SMILES string of the molecule is C=C1/C=C\C=C/Cc2c(cc(-n3c4ccccc4c4cc(-c5ccc6c(c5)c5ccccc5n6-c5ccccc5)ccc43)c3ccccc23)C1(C)C. The van der Waals surface area contributed by atoms with Gasteiger partial charge < -0.3 is 9.13 Å². The first-order valence-electron chi connectivity index (χ1n) is 18.2. The monoisotopic (exact) mass is 666 g/mol. The molecule has 0 saturated carbocycles. The van der Waals surface area contributed by atoms with Gasteiger partial charge in [0, 0.05) is 38.0 Å². The van der Waals surface area contributed by atoms with Crippen LogP contribution in [0.2, 0.25) is 0 Å².